The van der Waals surface area contributed by atoms with Crippen LogP contribution in [0.2, 0.25) is 0 Å². The van der Waals surface area contributed by atoms with E-state index in [0.717, 1.165) is 6.20 Å². The van der Waals surface area contributed by atoms with Crippen molar-refractivity contribution < 1.29 is 23.1 Å². The summed E-state index contributed by atoms with van der Waals surface area (Å²) in [6, 6.07) is 4.14. The Balaban J connectivity index is 1.68. The van der Waals surface area contributed by atoms with Gasteiger partial charge >= 0.3 is 6.09 Å². The Labute approximate surface area is 186 Å². The third kappa shape index (κ3) is 5.35. The van der Waals surface area contributed by atoms with E-state index in [2.05, 4.69) is 15.6 Å². The van der Waals surface area contributed by atoms with Crippen molar-refractivity contribution >= 4 is 46.0 Å². The number of likely N-dealkylation sites (tertiary alicyclic amines) is 1. The number of ether oxygens (including phenoxy) is 1. The molecule has 0 saturated carbocycles. The minimum absolute atomic E-state index is 0.0379. The van der Waals surface area contributed by atoms with Crippen LogP contribution in [0, 0.1) is 15.2 Å². The second kappa shape index (κ2) is 8.70. The number of halogens is 3. The van der Waals surface area contributed by atoms with E-state index in [0.29, 0.717) is 3.57 Å². The fourth-order valence-electron chi connectivity index (χ4n) is 2.80. The van der Waals surface area contributed by atoms with Gasteiger partial charge in [-0.15, -0.1) is 0 Å². The number of benzene rings is 1. The summed E-state index contributed by atoms with van der Waals surface area (Å²) in [6.07, 6.45) is 1.70. The Kier molecular flexibility index (Phi) is 6.44. The Morgan fingerprint density at radius 3 is 2.50 bits per heavy atom. The maximum atomic E-state index is 14.4. The van der Waals surface area contributed by atoms with Crippen LogP contribution in [0.1, 0.15) is 31.1 Å². The van der Waals surface area contributed by atoms with Crippen molar-refractivity contribution in [3.63, 3.8) is 0 Å². The molecule has 2 aromatic rings. The monoisotopic (exact) mass is 530 g/mol. The van der Waals surface area contributed by atoms with Crippen LogP contribution in [-0.2, 0) is 4.74 Å². The summed E-state index contributed by atoms with van der Waals surface area (Å²) in [5.74, 6) is -2.06. The molecule has 30 heavy (non-hydrogen) atoms. The van der Waals surface area contributed by atoms with E-state index < -0.39 is 29.2 Å². The first-order chi connectivity index (χ1) is 14.0. The number of pyridine rings is 1. The van der Waals surface area contributed by atoms with Crippen LogP contribution in [-0.4, -0.2) is 46.6 Å². The molecule has 0 atom stereocenters. The lowest BCUT2D eigenvalue weighted by Gasteiger charge is -2.40. The molecule has 1 aromatic heterocycles. The van der Waals surface area contributed by atoms with E-state index in [1.54, 1.807) is 26.8 Å². The van der Waals surface area contributed by atoms with Gasteiger partial charge in [-0.2, -0.15) is 0 Å². The number of nitrogens with one attached hydrogen (secondary N) is 2. The van der Waals surface area contributed by atoms with Gasteiger partial charge < -0.3 is 20.3 Å². The maximum Gasteiger partial charge on any atom is 0.410 e. The highest BCUT2D eigenvalue weighted by Gasteiger charge is 2.35. The van der Waals surface area contributed by atoms with Gasteiger partial charge in [-0.1, -0.05) is 0 Å². The largest absolute Gasteiger partial charge is 0.444 e. The highest BCUT2D eigenvalue weighted by Crippen LogP contribution is 2.26. The Hall–Kier alpha value is -2.50. The van der Waals surface area contributed by atoms with Crippen LogP contribution in [0.3, 0.4) is 0 Å². The summed E-state index contributed by atoms with van der Waals surface area (Å²) >= 11 is 1.97. The lowest BCUT2D eigenvalue weighted by Crippen LogP contribution is -2.61. The number of amides is 2. The zero-order valence-electron chi connectivity index (χ0n) is 16.6. The number of nitrogens with zero attached hydrogens (tertiary/aromatic N) is 2. The number of rotatable bonds is 4. The van der Waals surface area contributed by atoms with Gasteiger partial charge in [0.2, 0.25) is 0 Å². The smallest absolute Gasteiger partial charge is 0.410 e. The summed E-state index contributed by atoms with van der Waals surface area (Å²) in [6.45, 7) is 5.80. The summed E-state index contributed by atoms with van der Waals surface area (Å²) in [7, 11) is 0. The molecule has 1 aliphatic rings. The van der Waals surface area contributed by atoms with Crippen LogP contribution in [0.5, 0.6) is 0 Å². The van der Waals surface area contributed by atoms with Crippen LogP contribution >= 0.6 is 22.6 Å². The number of carbonyl (C=O) groups excluding carboxylic acids is 2. The van der Waals surface area contributed by atoms with Crippen molar-refractivity contribution in [3.8, 4) is 0 Å². The van der Waals surface area contributed by atoms with Crippen molar-refractivity contribution in [1.29, 1.82) is 0 Å². The molecule has 0 unspecified atom stereocenters. The predicted molar refractivity (Wildman–Crippen MR) is 116 cm³/mol. The first-order valence-electron chi connectivity index (χ1n) is 9.18. The summed E-state index contributed by atoms with van der Waals surface area (Å²) in [5, 5.41) is 5.41. The van der Waals surface area contributed by atoms with E-state index >= 15 is 0 Å². The second-order valence-corrected chi connectivity index (χ2v) is 9.09. The van der Waals surface area contributed by atoms with Gasteiger partial charge in [0.05, 0.1) is 29.8 Å². The molecule has 0 radical (unpaired) electrons. The fourth-order valence-corrected chi connectivity index (χ4v) is 3.25. The van der Waals surface area contributed by atoms with Crippen molar-refractivity contribution in [1.82, 2.24) is 15.2 Å². The summed E-state index contributed by atoms with van der Waals surface area (Å²) in [5.41, 5.74) is -0.761. The average molecular weight is 530 g/mol. The molecule has 160 valence electrons. The maximum absolute atomic E-state index is 14.4. The third-order valence-electron chi connectivity index (χ3n) is 4.20. The Morgan fingerprint density at radius 1 is 1.17 bits per heavy atom. The highest BCUT2D eigenvalue weighted by molar-refractivity contribution is 14.1. The van der Waals surface area contributed by atoms with Gasteiger partial charge in [0.25, 0.3) is 5.91 Å². The molecule has 2 amide bonds. The fraction of sp³-hybridized carbons (Fsp3) is 0.350. The molecule has 10 heteroatoms. The first-order valence-corrected chi connectivity index (χ1v) is 10.3. The molecule has 7 nitrogen and oxygen atoms in total. The molecule has 1 fully saturated rings. The molecule has 2 heterocycles. The van der Waals surface area contributed by atoms with E-state index in [-0.39, 0.29) is 36.1 Å². The number of carbonyl (C=O) groups is 2. The molecule has 2 N–H and O–H groups in total. The number of hydrogen-bond donors (Lipinski definition) is 2. The quantitative estimate of drug-likeness (QED) is 0.583. The minimum atomic E-state index is -0.841. The lowest BCUT2D eigenvalue weighted by molar-refractivity contribution is 0.00531. The molecule has 0 spiro atoms. The minimum Gasteiger partial charge on any atom is -0.444 e. The molecule has 1 aliphatic heterocycles. The number of hydrogen-bond acceptors (Lipinski definition) is 5. The van der Waals surface area contributed by atoms with Crippen LogP contribution < -0.4 is 10.6 Å². The van der Waals surface area contributed by atoms with Crippen molar-refractivity contribution in [2.75, 3.05) is 18.4 Å². The van der Waals surface area contributed by atoms with Gasteiger partial charge in [-0.3, -0.25) is 9.78 Å². The van der Waals surface area contributed by atoms with Gasteiger partial charge in [0.1, 0.15) is 17.0 Å². The molecule has 0 aliphatic carbocycles. The van der Waals surface area contributed by atoms with Crippen LogP contribution in [0.15, 0.2) is 30.6 Å². The Morgan fingerprint density at radius 2 is 1.87 bits per heavy atom. The Bertz CT molecular complexity index is 975. The zero-order chi connectivity index (χ0) is 22.1. The molecule has 1 saturated heterocycles. The predicted octanol–water partition coefficient (Wildman–Crippen LogP) is 4.06. The molecule has 0 bridgehead atoms. The molecular formula is C20H21F2IN4O3. The van der Waals surface area contributed by atoms with E-state index in [9.17, 15) is 18.4 Å². The molecule has 1 aromatic carbocycles. The number of aromatic nitrogens is 1. The number of anilines is 2. The zero-order valence-corrected chi connectivity index (χ0v) is 18.8. The summed E-state index contributed by atoms with van der Waals surface area (Å²) < 4.78 is 34.5. The van der Waals surface area contributed by atoms with Crippen molar-refractivity contribution in [3.05, 3.63) is 51.4 Å². The molecular weight excluding hydrogens is 509 g/mol. The first kappa shape index (κ1) is 22.2. The average Bonchev–Trinajstić information content (AvgIpc) is 2.58. The van der Waals surface area contributed by atoms with Crippen molar-refractivity contribution in [2.24, 2.45) is 0 Å². The van der Waals surface area contributed by atoms with E-state index in [4.69, 9.17) is 4.74 Å². The SMILES string of the molecule is CC(C)(C)OC(=O)N1CC(NC(=O)c2c(F)cncc2Nc2ccc(I)cc2F)C1. The third-order valence-corrected chi connectivity index (χ3v) is 4.87. The van der Waals surface area contributed by atoms with Gasteiger partial charge in [-0.25, -0.2) is 13.6 Å². The normalized spacial score (nSPS) is 14.1. The van der Waals surface area contributed by atoms with Gasteiger partial charge in [0, 0.05) is 16.7 Å². The summed E-state index contributed by atoms with van der Waals surface area (Å²) in [4.78, 5) is 29.8. The lowest BCUT2D eigenvalue weighted by atomic mass is 10.1. The topological polar surface area (TPSA) is 83.6 Å². The molecule has 3 rings (SSSR count). The highest BCUT2D eigenvalue weighted by atomic mass is 127. The van der Waals surface area contributed by atoms with E-state index in [1.165, 1.54) is 23.2 Å². The van der Waals surface area contributed by atoms with Crippen molar-refractivity contribution in [2.45, 2.75) is 32.4 Å². The van der Waals surface area contributed by atoms with E-state index in [1.807, 2.05) is 22.6 Å². The second-order valence-electron chi connectivity index (χ2n) is 7.85. The standard InChI is InChI=1S/C20H21F2IN4O3/c1-20(2,3)30-19(29)27-9-12(10-27)25-18(28)17-14(22)7-24-8-16(17)26-15-5-4-11(23)6-13(15)21/h4-8,12,26H,9-10H2,1-3H3,(H,25,28). The van der Waals surface area contributed by atoms with Gasteiger partial charge in [0.15, 0.2) is 5.82 Å². The van der Waals surface area contributed by atoms with Gasteiger partial charge in [-0.05, 0) is 61.6 Å². The van der Waals surface area contributed by atoms with Crippen LogP contribution in [0.25, 0.3) is 0 Å². The van der Waals surface area contributed by atoms with Crippen LogP contribution in [0.4, 0.5) is 25.0 Å².